The van der Waals surface area contributed by atoms with Gasteiger partial charge in [0, 0.05) is 13.1 Å². The van der Waals surface area contributed by atoms with E-state index in [9.17, 15) is 4.79 Å². The number of nitrogens with one attached hydrogen (secondary N) is 2. The fraction of sp³-hybridized carbons (Fsp3) is 0.923. The molecule has 0 aromatic carbocycles. The number of rotatable bonds is 6. The number of carbonyl (C=O) groups is 1. The van der Waals surface area contributed by atoms with Crippen molar-refractivity contribution in [1.29, 1.82) is 0 Å². The molecule has 1 unspecified atom stereocenters. The number of unbranched alkanes of at least 4 members (excludes halogenated alkanes) is 2. The summed E-state index contributed by atoms with van der Waals surface area (Å²) in [6, 6.07) is 0. The Morgan fingerprint density at radius 3 is 2.69 bits per heavy atom. The van der Waals surface area contributed by atoms with Crippen LogP contribution in [0.25, 0.3) is 0 Å². The van der Waals surface area contributed by atoms with Crippen molar-refractivity contribution in [2.24, 2.45) is 11.3 Å². The summed E-state index contributed by atoms with van der Waals surface area (Å²) < 4.78 is 0. The van der Waals surface area contributed by atoms with Gasteiger partial charge in [-0.3, -0.25) is 4.79 Å². The third kappa shape index (κ3) is 2.97. The van der Waals surface area contributed by atoms with Crippen molar-refractivity contribution in [2.75, 3.05) is 19.6 Å². The van der Waals surface area contributed by atoms with Gasteiger partial charge in [0.1, 0.15) is 0 Å². The highest BCUT2D eigenvalue weighted by atomic mass is 16.2. The Labute approximate surface area is 99.4 Å². The molecule has 1 saturated heterocycles. The lowest BCUT2D eigenvalue weighted by Gasteiger charge is -2.31. The van der Waals surface area contributed by atoms with Crippen molar-refractivity contribution in [2.45, 2.75) is 46.5 Å². The quantitative estimate of drug-likeness (QED) is 0.679. The third-order valence-corrected chi connectivity index (χ3v) is 3.81. The first kappa shape index (κ1) is 13.5. The Balaban J connectivity index is 2.43. The Bertz CT molecular complexity index is 220. The van der Waals surface area contributed by atoms with Crippen LogP contribution in [0, 0.1) is 11.3 Å². The topological polar surface area (TPSA) is 41.1 Å². The molecule has 0 bridgehead atoms. The lowest BCUT2D eigenvalue weighted by molar-refractivity contribution is -0.132. The summed E-state index contributed by atoms with van der Waals surface area (Å²) in [5.74, 6) is 0.664. The molecule has 16 heavy (non-hydrogen) atoms. The second kappa shape index (κ2) is 6.24. The SMILES string of the molecule is CCCCCNC(=O)C1(C(C)C)CCNC1. The minimum atomic E-state index is -0.161. The molecule has 1 atom stereocenters. The van der Waals surface area contributed by atoms with Crippen LogP contribution in [0.4, 0.5) is 0 Å². The van der Waals surface area contributed by atoms with Crippen LogP contribution in [-0.4, -0.2) is 25.5 Å². The predicted octanol–water partition coefficient (Wildman–Crippen LogP) is 1.93. The molecule has 0 radical (unpaired) electrons. The van der Waals surface area contributed by atoms with Gasteiger partial charge in [0.2, 0.25) is 5.91 Å². The van der Waals surface area contributed by atoms with E-state index in [2.05, 4.69) is 31.4 Å². The van der Waals surface area contributed by atoms with Crippen molar-refractivity contribution in [1.82, 2.24) is 10.6 Å². The Kier molecular flexibility index (Phi) is 5.26. The van der Waals surface area contributed by atoms with Gasteiger partial charge in [-0.05, 0) is 25.3 Å². The van der Waals surface area contributed by atoms with Crippen LogP contribution in [0.5, 0.6) is 0 Å². The molecule has 3 heteroatoms. The van der Waals surface area contributed by atoms with Crippen LogP contribution in [0.1, 0.15) is 46.5 Å². The van der Waals surface area contributed by atoms with Crippen molar-refractivity contribution < 1.29 is 4.79 Å². The number of amides is 1. The first-order valence-corrected chi connectivity index (χ1v) is 6.62. The van der Waals surface area contributed by atoms with E-state index in [-0.39, 0.29) is 11.3 Å². The molecule has 94 valence electrons. The number of carbonyl (C=O) groups excluding carboxylic acids is 1. The molecule has 1 fully saturated rings. The van der Waals surface area contributed by atoms with Gasteiger partial charge in [-0.15, -0.1) is 0 Å². The normalized spacial score (nSPS) is 25.0. The van der Waals surface area contributed by atoms with Crippen LogP contribution in [0.3, 0.4) is 0 Å². The van der Waals surface area contributed by atoms with Crippen LogP contribution in [0.15, 0.2) is 0 Å². The second-order valence-corrected chi connectivity index (χ2v) is 5.20. The van der Waals surface area contributed by atoms with Gasteiger partial charge in [0.05, 0.1) is 5.41 Å². The molecule has 0 aromatic rings. The van der Waals surface area contributed by atoms with E-state index >= 15 is 0 Å². The van der Waals surface area contributed by atoms with Crippen LogP contribution >= 0.6 is 0 Å². The maximum absolute atomic E-state index is 12.2. The molecule has 0 saturated carbocycles. The summed E-state index contributed by atoms with van der Waals surface area (Å²) in [6.07, 6.45) is 4.48. The zero-order valence-electron chi connectivity index (χ0n) is 10.9. The summed E-state index contributed by atoms with van der Waals surface area (Å²) in [4.78, 5) is 12.2. The molecule has 1 amide bonds. The molecule has 0 aromatic heterocycles. The van der Waals surface area contributed by atoms with Crippen LogP contribution in [-0.2, 0) is 4.79 Å². The molecular weight excluding hydrogens is 200 g/mol. The molecule has 1 heterocycles. The molecule has 1 aliphatic heterocycles. The number of hydrogen-bond acceptors (Lipinski definition) is 2. The highest BCUT2D eigenvalue weighted by molar-refractivity contribution is 5.83. The average molecular weight is 226 g/mol. The minimum absolute atomic E-state index is 0.161. The molecular formula is C13H26N2O. The second-order valence-electron chi connectivity index (χ2n) is 5.20. The maximum atomic E-state index is 12.2. The van der Waals surface area contributed by atoms with Gasteiger partial charge in [-0.1, -0.05) is 33.6 Å². The van der Waals surface area contributed by atoms with Crippen molar-refractivity contribution in [3.63, 3.8) is 0 Å². The van der Waals surface area contributed by atoms with E-state index < -0.39 is 0 Å². The van der Waals surface area contributed by atoms with Crippen molar-refractivity contribution in [3.05, 3.63) is 0 Å². The average Bonchev–Trinajstić information content (AvgIpc) is 2.74. The lowest BCUT2D eigenvalue weighted by atomic mass is 9.75. The highest BCUT2D eigenvalue weighted by Gasteiger charge is 2.43. The van der Waals surface area contributed by atoms with Crippen LogP contribution in [0.2, 0.25) is 0 Å². The predicted molar refractivity (Wildman–Crippen MR) is 67.3 cm³/mol. The first-order chi connectivity index (χ1) is 7.63. The van der Waals surface area contributed by atoms with E-state index in [1.165, 1.54) is 12.8 Å². The van der Waals surface area contributed by atoms with E-state index in [0.717, 1.165) is 32.5 Å². The lowest BCUT2D eigenvalue weighted by Crippen LogP contribution is -2.46. The standard InChI is InChI=1S/C13H26N2O/c1-4-5-6-8-15-12(16)13(11(2)3)7-9-14-10-13/h11,14H,4-10H2,1-3H3,(H,15,16). The highest BCUT2D eigenvalue weighted by Crippen LogP contribution is 2.34. The molecule has 2 N–H and O–H groups in total. The van der Waals surface area contributed by atoms with Gasteiger partial charge >= 0.3 is 0 Å². The monoisotopic (exact) mass is 226 g/mol. The Morgan fingerprint density at radius 1 is 1.44 bits per heavy atom. The fourth-order valence-electron chi connectivity index (χ4n) is 2.41. The van der Waals surface area contributed by atoms with Gasteiger partial charge in [0.15, 0.2) is 0 Å². The van der Waals surface area contributed by atoms with Gasteiger partial charge in [-0.25, -0.2) is 0 Å². The zero-order chi connectivity index (χ0) is 12.0. The van der Waals surface area contributed by atoms with Gasteiger partial charge in [0.25, 0.3) is 0 Å². The smallest absolute Gasteiger partial charge is 0.227 e. The fourth-order valence-corrected chi connectivity index (χ4v) is 2.41. The summed E-state index contributed by atoms with van der Waals surface area (Å²) in [5.41, 5.74) is -0.161. The van der Waals surface area contributed by atoms with E-state index in [1.807, 2.05) is 0 Å². The first-order valence-electron chi connectivity index (χ1n) is 6.62. The Hall–Kier alpha value is -0.570. The largest absolute Gasteiger partial charge is 0.356 e. The van der Waals surface area contributed by atoms with E-state index in [1.54, 1.807) is 0 Å². The van der Waals surface area contributed by atoms with Gasteiger partial charge < -0.3 is 10.6 Å². The summed E-state index contributed by atoms with van der Waals surface area (Å²) in [7, 11) is 0. The summed E-state index contributed by atoms with van der Waals surface area (Å²) >= 11 is 0. The molecule has 1 aliphatic rings. The minimum Gasteiger partial charge on any atom is -0.356 e. The third-order valence-electron chi connectivity index (χ3n) is 3.81. The summed E-state index contributed by atoms with van der Waals surface area (Å²) in [5, 5.41) is 6.42. The van der Waals surface area contributed by atoms with Crippen LogP contribution < -0.4 is 10.6 Å². The molecule has 3 nitrogen and oxygen atoms in total. The van der Waals surface area contributed by atoms with Gasteiger partial charge in [-0.2, -0.15) is 0 Å². The molecule has 1 rings (SSSR count). The van der Waals surface area contributed by atoms with E-state index in [0.29, 0.717) is 5.92 Å². The zero-order valence-corrected chi connectivity index (χ0v) is 10.9. The van der Waals surface area contributed by atoms with Crippen molar-refractivity contribution >= 4 is 5.91 Å². The van der Waals surface area contributed by atoms with Crippen molar-refractivity contribution in [3.8, 4) is 0 Å². The van der Waals surface area contributed by atoms with E-state index in [4.69, 9.17) is 0 Å². The Morgan fingerprint density at radius 2 is 2.19 bits per heavy atom. The molecule has 0 aliphatic carbocycles. The number of hydrogen-bond donors (Lipinski definition) is 2. The molecule has 0 spiro atoms. The maximum Gasteiger partial charge on any atom is 0.227 e. The summed E-state index contributed by atoms with van der Waals surface area (Å²) in [6.45, 7) is 9.13.